The Morgan fingerprint density at radius 2 is 1.77 bits per heavy atom. The van der Waals surface area contributed by atoms with Crippen molar-refractivity contribution in [3.63, 3.8) is 0 Å². The highest BCUT2D eigenvalue weighted by atomic mass is 15.3. The third-order valence-electron chi connectivity index (χ3n) is 4.66. The van der Waals surface area contributed by atoms with Gasteiger partial charge < -0.3 is 9.80 Å². The van der Waals surface area contributed by atoms with Crippen molar-refractivity contribution < 1.29 is 0 Å². The molecule has 1 heterocycles. The summed E-state index contributed by atoms with van der Waals surface area (Å²) in [6.07, 6.45) is 7.30. The molecule has 1 fully saturated rings. The molecule has 0 saturated carbocycles. The predicted molar refractivity (Wildman–Crippen MR) is 98.6 cm³/mol. The van der Waals surface area contributed by atoms with E-state index in [-0.39, 0.29) is 0 Å². The maximum atomic E-state index is 2.58. The van der Waals surface area contributed by atoms with Crippen LogP contribution in [0.3, 0.4) is 0 Å². The van der Waals surface area contributed by atoms with E-state index in [1.807, 2.05) is 0 Å². The smallest absolute Gasteiger partial charge is 0.0443 e. The van der Waals surface area contributed by atoms with Crippen molar-refractivity contribution in [1.82, 2.24) is 4.90 Å². The lowest BCUT2D eigenvalue weighted by molar-refractivity contribution is 0.271. The summed E-state index contributed by atoms with van der Waals surface area (Å²) in [5.74, 6) is 0. The van der Waals surface area contributed by atoms with E-state index in [4.69, 9.17) is 0 Å². The van der Waals surface area contributed by atoms with Crippen LogP contribution in [0.5, 0.6) is 0 Å². The van der Waals surface area contributed by atoms with Crippen LogP contribution in [-0.2, 0) is 0 Å². The minimum Gasteiger partial charge on any atom is -0.368 e. The lowest BCUT2D eigenvalue weighted by atomic mass is 9.96. The number of rotatable bonds is 7. The van der Waals surface area contributed by atoms with Crippen LogP contribution in [0.4, 0.5) is 5.69 Å². The van der Waals surface area contributed by atoms with Crippen molar-refractivity contribution in [3.05, 3.63) is 35.9 Å². The summed E-state index contributed by atoms with van der Waals surface area (Å²) in [6, 6.07) is 9.01. The van der Waals surface area contributed by atoms with Gasteiger partial charge >= 0.3 is 0 Å². The van der Waals surface area contributed by atoms with Gasteiger partial charge in [0.1, 0.15) is 0 Å². The van der Waals surface area contributed by atoms with Crippen LogP contribution in [0.15, 0.2) is 30.3 Å². The Balaban J connectivity index is 2.20. The SMILES string of the molecule is CC/C=C(\CCCC)c1ccccc1N1CCN(CC)CC1. The van der Waals surface area contributed by atoms with Crippen LogP contribution in [0, 0.1) is 0 Å². The minimum absolute atomic E-state index is 1.12. The Hall–Kier alpha value is -1.28. The normalized spacial score (nSPS) is 17.0. The quantitative estimate of drug-likeness (QED) is 0.713. The Labute approximate surface area is 136 Å². The number of nitrogens with zero attached hydrogens (tertiary/aromatic N) is 2. The fourth-order valence-electron chi connectivity index (χ4n) is 3.29. The molecule has 0 bridgehead atoms. The van der Waals surface area contributed by atoms with E-state index in [0.29, 0.717) is 0 Å². The van der Waals surface area contributed by atoms with E-state index in [9.17, 15) is 0 Å². The number of unbranched alkanes of at least 4 members (excludes halogenated alkanes) is 1. The van der Waals surface area contributed by atoms with E-state index in [2.05, 4.69) is 60.9 Å². The molecule has 22 heavy (non-hydrogen) atoms. The molecular formula is C20H32N2. The second-order valence-electron chi connectivity index (χ2n) is 6.18. The van der Waals surface area contributed by atoms with Gasteiger partial charge in [-0.2, -0.15) is 0 Å². The Morgan fingerprint density at radius 1 is 1.05 bits per heavy atom. The number of para-hydroxylation sites is 1. The Bertz CT molecular complexity index is 470. The molecule has 0 radical (unpaired) electrons. The molecule has 0 spiro atoms. The molecular weight excluding hydrogens is 268 g/mol. The molecule has 1 aliphatic rings. The second kappa shape index (κ2) is 8.99. The maximum absolute atomic E-state index is 2.58. The lowest BCUT2D eigenvalue weighted by Gasteiger charge is -2.36. The van der Waals surface area contributed by atoms with E-state index in [1.165, 1.54) is 55.7 Å². The van der Waals surface area contributed by atoms with Gasteiger partial charge in [-0.15, -0.1) is 0 Å². The molecule has 1 aromatic rings. The third-order valence-corrected chi connectivity index (χ3v) is 4.66. The van der Waals surface area contributed by atoms with Gasteiger partial charge in [-0.3, -0.25) is 0 Å². The molecule has 0 N–H and O–H groups in total. The fraction of sp³-hybridized carbons (Fsp3) is 0.600. The summed E-state index contributed by atoms with van der Waals surface area (Å²) in [7, 11) is 0. The first-order chi connectivity index (χ1) is 10.8. The Morgan fingerprint density at radius 3 is 2.41 bits per heavy atom. The van der Waals surface area contributed by atoms with Crippen LogP contribution in [0.25, 0.3) is 5.57 Å². The summed E-state index contributed by atoms with van der Waals surface area (Å²) in [4.78, 5) is 5.12. The van der Waals surface area contributed by atoms with Gasteiger partial charge in [0, 0.05) is 37.4 Å². The van der Waals surface area contributed by atoms with Crippen LogP contribution in [0.1, 0.15) is 52.0 Å². The summed E-state index contributed by atoms with van der Waals surface area (Å²) >= 11 is 0. The predicted octanol–water partition coefficient (Wildman–Crippen LogP) is 4.81. The summed E-state index contributed by atoms with van der Waals surface area (Å²) in [6.45, 7) is 12.6. The van der Waals surface area contributed by atoms with Gasteiger partial charge in [0.2, 0.25) is 0 Å². The van der Waals surface area contributed by atoms with Crippen LogP contribution in [-0.4, -0.2) is 37.6 Å². The molecule has 0 unspecified atom stereocenters. The average molecular weight is 300 g/mol. The number of piperazine rings is 1. The van der Waals surface area contributed by atoms with Gasteiger partial charge in [0.15, 0.2) is 0 Å². The Kier molecular flexibility index (Phi) is 6.98. The molecule has 2 nitrogen and oxygen atoms in total. The molecule has 0 amide bonds. The maximum Gasteiger partial charge on any atom is 0.0443 e. The number of benzene rings is 1. The van der Waals surface area contributed by atoms with Crippen molar-refractivity contribution >= 4 is 11.3 Å². The molecule has 0 aromatic heterocycles. The van der Waals surface area contributed by atoms with Gasteiger partial charge in [-0.1, -0.05) is 51.5 Å². The summed E-state index contributed by atoms with van der Waals surface area (Å²) in [5, 5.41) is 0. The van der Waals surface area contributed by atoms with Crippen LogP contribution >= 0.6 is 0 Å². The molecule has 2 heteroatoms. The molecule has 1 aromatic carbocycles. The van der Waals surface area contributed by atoms with Gasteiger partial charge in [-0.25, -0.2) is 0 Å². The van der Waals surface area contributed by atoms with E-state index in [1.54, 1.807) is 0 Å². The minimum atomic E-state index is 1.12. The van der Waals surface area contributed by atoms with Crippen LogP contribution < -0.4 is 4.90 Å². The highest BCUT2D eigenvalue weighted by molar-refractivity contribution is 5.77. The first kappa shape index (κ1) is 17.1. The molecule has 0 atom stereocenters. The highest BCUT2D eigenvalue weighted by Crippen LogP contribution is 2.31. The standard InChI is InChI=1S/C20H32N2/c1-4-7-11-18(10-5-2)19-12-8-9-13-20(19)22-16-14-21(6-3)15-17-22/h8-10,12-13H,4-7,11,14-17H2,1-3H3/b18-10+. The topological polar surface area (TPSA) is 6.48 Å². The largest absolute Gasteiger partial charge is 0.368 e. The third kappa shape index (κ3) is 4.36. The zero-order valence-corrected chi connectivity index (χ0v) is 14.6. The lowest BCUT2D eigenvalue weighted by Crippen LogP contribution is -2.46. The van der Waals surface area contributed by atoms with Gasteiger partial charge in [0.05, 0.1) is 0 Å². The van der Waals surface area contributed by atoms with E-state index >= 15 is 0 Å². The van der Waals surface area contributed by atoms with Crippen molar-refractivity contribution in [1.29, 1.82) is 0 Å². The summed E-state index contributed by atoms with van der Waals surface area (Å²) in [5.41, 5.74) is 4.44. The van der Waals surface area contributed by atoms with E-state index < -0.39 is 0 Å². The van der Waals surface area contributed by atoms with Gasteiger partial charge in [0.25, 0.3) is 0 Å². The molecule has 1 saturated heterocycles. The van der Waals surface area contributed by atoms with Crippen molar-refractivity contribution in [2.45, 2.75) is 46.5 Å². The molecule has 122 valence electrons. The first-order valence-electron chi connectivity index (χ1n) is 9.05. The second-order valence-corrected chi connectivity index (χ2v) is 6.18. The number of allylic oxidation sites excluding steroid dienone is 2. The van der Waals surface area contributed by atoms with Crippen LogP contribution in [0.2, 0.25) is 0 Å². The number of hydrogen-bond donors (Lipinski definition) is 0. The fourth-order valence-corrected chi connectivity index (χ4v) is 3.29. The van der Waals surface area contributed by atoms with Gasteiger partial charge in [-0.05, 0) is 37.4 Å². The van der Waals surface area contributed by atoms with E-state index in [0.717, 1.165) is 19.5 Å². The molecule has 2 rings (SSSR count). The van der Waals surface area contributed by atoms with Crippen molar-refractivity contribution in [3.8, 4) is 0 Å². The highest BCUT2D eigenvalue weighted by Gasteiger charge is 2.18. The zero-order chi connectivity index (χ0) is 15.8. The van der Waals surface area contributed by atoms with Crippen molar-refractivity contribution in [2.75, 3.05) is 37.6 Å². The molecule has 0 aliphatic carbocycles. The van der Waals surface area contributed by atoms with Crippen molar-refractivity contribution in [2.24, 2.45) is 0 Å². The zero-order valence-electron chi connectivity index (χ0n) is 14.6. The monoisotopic (exact) mass is 300 g/mol. The summed E-state index contributed by atoms with van der Waals surface area (Å²) < 4.78 is 0. The average Bonchev–Trinajstić information content (AvgIpc) is 2.59. The number of likely N-dealkylation sites (N-methyl/N-ethyl adjacent to an activating group) is 1. The first-order valence-corrected chi connectivity index (χ1v) is 9.05. The number of anilines is 1. The number of hydrogen-bond acceptors (Lipinski definition) is 2. The molecule has 1 aliphatic heterocycles.